The van der Waals surface area contributed by atoms with Gasteiger partial charge in [0.05, 0.1) is 11.1 Å². The summed E-state index contributed by atoms with van der Waals surface area (Å²) in [5.74, 6) is -0.566. The summed E-state index contributed by atoms with van der Waals surface area (Å²) in [6.45, 7) is 0.487. The van der Waals surface area contributed by atoms with Gasteiger partial charge in [-0.15, -0.1) is 0 Å². The lowest BCUT2D eigenvalue weighted by molar-refractivity contribution is 0.0954. The molecule has 2 aromatic heterocycles. The third-order valence-electron chi connectivity index (χ3n) is 4.65. The summed E-state index contributed by atoms with van der Waals surface area (Å²) in [4.78, 5) is 32.1. The predicted octanol–water partition coefficient (Wildman–Crippen LogP) is 3.79. The second kappa shape index (κ2) is 8.39. The van der Waals surface area contributed by atoms with Crippen molar-refractivity contribution in [3.63, 3.8) is 0 Å². The second-order valence-corrected chi connectivity index (χ2v) is 6.65. The van der Waals surface area contributed by atoms with E-state index in [-0.39, 0.29) is 11.8 Å². The molecule has 3 N–H and O–H groups in total. The monoisotopic (exact) mass is 384 g/mol. The van der Waals surface area contributed by atoms with Crippen LogP contribution in [0, 0.1) is 0 Å². The Morgan fingerprint density at radius 2 is 1.62 bits per heavy atom. The summed E-state index contributed by atoms with van der Waals surface area (Å²) >= 11 is 0. The van der Waals surface area contributed by atoms with Crippen LogP contribution in [0.2, 0.25) is 0 Å². The van der Waals surface area contributed by atoms with Crippen LogP contribution in [0.25, 0.3) is 10.9 Å². The van der Waals surface area contributed by atoms with E-state index in [9.17, 15) is 9.59 Å². The van der Waals surface area contributed by atoms with Gasteiger partial charge in [-0.3, -0.25) is 14.6 Å². The molecular weight excluding hydrogens is 364 g/mol. The molecule has 4 rings (SSSR count). The van der Waals surface area contributed by atoms with Gasteiger partial charge in [-0.25, -0.2) is 0 Å². The quantitative estimate of drug-likeness (QED) is 0.473. The van der Waals surface area contributed by atoms with Crippen LogP contribution in [-0.4, -0.2) is 28.3 Å². The predicted molar refractivity (Wildman–Crippen MR) is 113 cm³/mol. The fourth-order valence-electron chi connectivity index (χ4n) is 3.16. The minimum atomic E-state index is -0.308. The maximum atomic E-state index is 12.5. The van der Waals surface area contributed by atoms with Crippen molar-refractivity contribution in [3.05, 3.63) is 95.9 Å². The zero-order valence-corrected chi connectivity index (χ0v) is 15.7. The average Bonchev–Trinajstić information content (AvgIpc) is 3.18. The average molecular weight is 384 g/mol. The minimum absolute atomic E-state index is 0.258. The van der Waals surface area contributed by atoms with Gasteiger partial charge in [-0.2, -0.15) is 0 Å². The van der Waals surface area contributed by atoms with Crippen LogP contribution in [-0.2, 0) is 6.42 Å². The third kappa shape index (κ3) is 4.32. The number of para-hydroxylation sites is 2. The molecule has 144 valence electrons. The van der Waals surface area contributed by atoms with Crippen molar-refractivity contribution in [2.45, 2.75) is 6.42 Å². The normalized spacial score (nSPS) is 10.6. The van der Waals surface area contributed by atoms with E-state index in [1.165, 1.54) is 12.4 Å². The van der Waals surface area contributed by atoms with Crippen molar-refractivity contribution in [2.75, 3.05) is 11.9 Å². The Hall–Kier alpha value is -3.93. The molecule has 6 heteroatoms. The Kier molecular flexibility index (Phi) is 5.33. The SMILES string of the molecule is O=C(NCCc1c[nH]c2ccccc12)c1cncc(C(=O)Nc2ccccc2)c1. The van der Waals surface area contributed by atoms with Gasteiger partial charge in [-0.05, 0) is 36.2 Å². The molecule has 0 atom stereocenters. The first kappa shape index (κ1) is 18.4. The minimum Gasteiger partial charge on any atom is -0.361 e. The molecule has 2 amide bonds. The van der Waals surface area contributed by atoms with Crippen LogP contribution in [0.3, 0.4) is 0 Å². The molecular formula is C23H20N4O2. The highest BCUT2D eigenvalue weighted by Crippen LogP contribution is 2.17. The number of anilines is 1. The number of benzene rings is 2. The van der Waals surface area contributed by atoms with E-state index in [1.54, 1.807) is 18.2 Å². The van der Waals surface area contributed by atoms with E-state index in [0.717, 1.165) is 16.5 Å². The smallest absolute Gasteiger partial charge is 0.257 e. The van der Waals surface area contributed by atoms with Crippen molar-refractivity contribution >= 4 is 28.4 Å². The Morgan fingerprint density at radius 1 is 0.897 bits per heavy atom. The molecule has 0 unspecified atom stereocenters. The van der Waals surface area contributed by atoms with E-state index in [2.05, 4.69) is 26.7 Å². The number of amides is 2. The van der Waals surface area contributed by atoms with Crippen LogP contribution in [0.1, 0.15) is 26.3 Å². The number of carbonyl (C=O) groups excluding carboxylic acids is 2. The van der Waals surface area contributed by atoms with Gasteiger partial charge >= 0.3 is 0 Å². The van der Waals surface area contributed by atoms with Gasteiger partial charge in [0, 0.05) is 41.7 Å². The highest BCUT2D eigenvalue weighted by molar-refractivity contribution is 6.05. The van der Waals surface area contributed by atoms with Crippen molar-refractivity contribution < 1.29 is 9.59 Å². The number of pyridine rings is 1. The topological polar surface area (TPSA) is 86.9 Å². The zero-order valence-electron chi connectivity index (χ0n) is 15.7. The molecule has 29 heavy (non-hydrogen) atoms. The number of fused-ring (bicyclic) bond motifs is 1. The van der Waals surface area contributed by atoms with Crippen LogP contribution < -0.4 is 10.6 Å². The standard InChI is InChI=1S/C23H20N4O2/c28-22(25-11-10-16-15-26-21-9-5-4-8-20(16)21)17-12-18(14-24-13-17)23(29)27-19-6-2-1-3-7-19/h1-9,12-15,26H,10-11H2,(H,25,28)(H,27,29). The lowest BCUT2D eigenvalue weighted by atomic mass is 10.1. The maximum Gasteiger partial charge on any atom is 0.257 e. The first-order valence-electron chi connectivity index (χ1n) is 9.35. The van der Waals surface area contributed by atoms with Gasteiger partial charge in [0.15, 0.2) is 0 Å². The van der Waals surface area contributed by atoms with Gasteiger partial charge in [0.2, 0.25) is 0 Å². The Bertz CT molecular complexity index is 1150. The molecule has 4 aromatic rings. The molecule has 0 bridgehead atoms. The van der Waals surface area contributed by atoms with E-state index in [0.29, 0.717) is 29.8 Å². The Balaban J connectivity index is 1.37. The third-order valence-corrected chi connectivity index (χ3v) is 4.65. The first-order chi connectivity index (χ1) is 14.2. The molecule has 0 aliphatic rings. The van der Waals surface area contributed by atoms with Crippen molar-refractivity contribution in [1.82, 2.24) is 15.3 Å². The first-order valence-corrected chi connectivity index (χ1v) is 9.35. The number of hydrogen-bond donors (Lipinski definition) is 3. The van der Waals surface area contributed by atoms with Crippen LogP contribution in [0.5, 0.6) is 0 Å². The van der Waals surface area contributed by atoms with Crippen LogP contribution in [0.15, 0.2) is 79.3 Å². The largest absolute Gasteiger partial charge is 0.361 e. The Labute approximate surface area is 168 Å². The summed E-state index contributed by atoms with van der Waals surface area (Å²) in [6.07, 6.45) is 5.58. The van der Waals surface area contributed by atoms with Gasteiger partial charge < -0.3 is 15.6 Å². The molecule has 0 radical (unpaired) electrons. The number of aromatic nitrogens is 2. The molecule has 0 saturated heterocycles. The summed E-state index contributed by atoms with van der Waals surface area (Å²) in [7, 11) is 0. The maximum absolute atomic E-state index is 12.5. The molecule has 2 aromatic carbocycles. The number of carbonyl (C=O) groups is 2. The van der Waals surface area contributed by atoms with E-state index >= 15 is 0 Å². The van der Waals surface area contributed by atoms with E-state index < -0.39 is 0 Å². The number of H-pyrrole nitrogens is 1. The number of rotatable bonds is 6. The molecule has 0 aliphatic heterocycles. The molecule has 2 heterocycles. The number of hydrogen-bond acceptors (Lipinski definition) is 3. The molecule has 0 spiro atoms. The van der Waals surface area contributed by atoms with Gasteiger partial charge in [0.1, 0.15) is 0 Å². The number of nitrogens with zero attached hydrogens (tertiary/aromatic N) is 1. The van der Waals surface area contributed by atoms with E-state index in [4.69, 9.17) is 0 Å². The Morgan fingerprint density at radius 3 is 2.45 bits per heavy atom. The molecule has 0 saturated carbocycles. The van der Waals surface area contributed by atoms with Gasteiger partial charge in [-0.1, -0.05) is 36.4 Å². The van der Waals surface area contributed by atoms with Crippen molar-refractivity contribution in [3.8, 4) is 0 Å². The molecule has 6 nitrogen and oxygen atoms in total. The lowest BCUT2D eigenvalue weighted by Crippen LogP contribution is -2.26. The summed E-state index contributed by atoms with van der Waals surface area (Å²) in [5.41, 5.74) is 3.60. The van der Waals surface area contributed by atoms with Crippen LogP contribution in [0.4, 0.5) is 5.69 Å². The molecule has 0 aliphatic carbocycles. The summed E-state index contributed by atoms with van der Waals surface area (Å²) < 4.78 is 0. The number of aromatic amines is 1. The van der Waals surface area contributed by atoms with Gasteiger partial charge in [0.25, 0.3) is 11.8 Å². The lowest BCUT2D eigenvalue weighted by Gasteiger charge is -2.07. The molecule has 0 fully saturated rings. The summed E-state index contributed by atoms with van der Waals surface area (Å²) in [5, 5.41) is 6.84. The van der Waals surface area contributed by atoms with Crippen molar-refractivity contribution in [1.29, 1.82) is 0 Å². The fraction of sp³-hybridized carbons (Fsp3) is 0.0870. The van der Waals surface area contributed by atoms with Crippen molar-refractivity contribution in [2.24, 2.45) is 0 Å². The zero-order chi connectivity index (χ0) is 20.1. The highest BCUT2D eigenvalue weighted by atomic mass is 16.2. The highest BCUT2D eigenvalue weighted by Gasteiger charge is 2.12. The van der Waals surface area contributed by atoms with E-state index in [1.807, 2.05) is 42.6 Å². The fourth-order valence-corrected chi connectivity index (χ4v) is 3.16. The second-order valence-electron chi connectivity index (χ2n) is 6.65. The number of nitrogens with one attached hydrogen (secondary N) is 3. The summed E-state index contributed by atoms with van der Waals surface area (Å²) in [6, 6.07) is 18.8. The van der Waals surface area contributed by atoms with Crippen LogP contribution >= 0.6 is 0 Å².